The molecule has 0 saturated carbocycles. The second-order valence-electron chi connectivity index (χ2n) is 6.10. The standard InChI is InChI=1S/C10H11F17OSi3/c11-1(3(13)14)2(12)5(16,17)7(20,21)9(24,25)10(26,27)8(22,23)6(18,19)4(15)31(28)30-29/h1-4,28,31H,30H2,29H3. The van der Waals surface area contributed by atoms with Crippen molar-refractivity contribution in [3.8, 4) is 0 Å². The highest BCUT2D eigenvalue weighted by Gasteiger charge is 2.92. The summed E-state index contributed by atoms with van der Waals surface area (Å²) < 4.78 is 224. The largest absolute Gasteiger partial charge is 0.435 e. The Hall–Kier alpha value is -0.579. The van der Waals surface area contributed by atoms with E-state index in [1.54, 1.807) is 0 Å². The molecule has 0 aromatic rings. The molecule has 1 N–H and O–H groups in total. The summed E-state index contributed by atoms with van der Waals surface area (Å²) >= 11 is 0. The Balaban J connectivity index is 6.55. The van der Waals surface area contributed by atoms with Gasteiger partial charge in [0.2, 0.25) is 6.17 Å². The number of hydrogen-bond donors (Lipinski definition) is 1. The summed E-state index contributed by atoms with van der Waals surface area (Å²) in [6, 6.07) is 0. The number of rotatable bonds is 11. The van der Waals surface area contributed by atoms with E-state index in [0.29, 0.717) is 0 Å². The zero-order valence-electron chi connectivity index (χ0n) is 14.5. The zero-order chi connectivity index (χ0) is 25.6. The van der Waals surface area contributed by atoms with Crippen molar-refractivity contribution in [2.75, 3.05) is 0 Å². The summed E-state index contributed by atoms with van der Waals surface area (Å²) in [6.07, 6.45) is -15.6. The molecule has 0 radical (unpaired) electrons. The highest BCUT2D eigenvalue weighted by molar-refractivity contribution is 7.29. The maximum atomic E-state index is 13.5. The highest BCUT2D eigenvalue weighted by Crippen LogP contribution is 2.61. The third-order valence-electron chi connectivity index (χ3n) is 3.99. The first kappa shape index (κ1) is 30.4. The maximum absolute atomic E-state index is 13.5. The number of halogens is 17. The molecular formula is C10H11F17OSi3. The summed E-state index contributed by atoms with van der Waals surface area (Å²) in [5, 5.41) is 0. The normalized spacial score (nSPS) is 19.8. The van der Waals surface area contributed by atoms with Crippen LogP contribution in [-0.4, -0.2) is 91.8 Å². The van der Waals surface area contributed by atoms with Gasteiger partial charge in [-0.1, -0.05) is 0 Å². The third kappa shape index (κ3) is 4.46. The molecule has 0 heterocycles. The van der Waals surface area contributed by atoms with Crippen molar-refractivity contribution >= 4 is 26.9 Å². The van der Waals surface area contributed by atoms with Gasteiger partial charge in [0.05, 0.1) is 0 Å². The molecule has 4 atom stereocenters. The molecule has 31 heavy (non-hydrogen) atoms. The molecule has 0 aliphatic rings. The molecule has 1 nitrogen and oxygen atoms in total. The van der Waals surface area contributed by atoms with Crippen molar-refractivity contribution in [1.82, 2.24) is 0 Å². The molecule has 21 heteroatoms. The summed E-state index contributed by atoms with van der Waals surface area (Å²) in [5.41, 5.74) is 0. The van der Waals surface area contributed by atoms with Crippen LogP contribution in [-0.2, 0) is 0 Å². The predicted octanol–water partition coefficient (Wildman–Crippen LogP) is 2.28. The molecule has 0 rings (SSSR count). The second kappa shape index (κ2) is 8.99. The lowest BCUT2D eigenvalue weighted by molar-refractivity contribution is -0.432. The minimum atomic E-state index is -8.37. The molecule has 0 fully saturated rings. The van der Waals surface area contributed by atoms with Gasteiger partial charge in [0.15, 0.2) is 20.5 Å². The van der Waals surface area contributed by atoms with Crippen LogP contribution < -0.4 is 0 Å². The van der Waals surface area contributed by atoms with E-state index in [4.69, 9.17) is 4.80 Å². The predicted molar refractivity (Wildman–Crippen MR) is 78.2 cm³/mol. The molecule has 0 bridgehead atoms. The molecule has 0 spiro atoms. The van der Waals surface area contributed by atoms with E-state index in [1.807, 2.05) is 0 Å². The third-order valence-corrected chi connectivity index (χ3v) is 17.2. The van der Waals surface area contributed by atoms with Crippen LogP contribution in [0.25, 0.3) is 0 Å². The Labute approximate surface area is 167 Å². The smallest absolute Gasteiger partial charge is 0.384 e. The Morgan fingerprint density at radius 1 is 0.613 bits per heavy atom. The van der Waals surface area contributed by atoms with Gasteiger partial charge in [0.1, 0.15) is 0 Å². The average molecular weight is 554 g/mol. The van der Waals surface area contributed by atoms with Crippen LogP contribution in [0.1, 0.15) is 0 Å². The number of hydrogen-bond acceptors (Lipinski definition) is 1. The van der Waals surface area contributed by atoms with Gasteiger partial charge in [-0.2, -0.15) is 52.7 Å². The van der Waals surface area contributed by atoms with Gasteiger partial charge in [-0.15, -0.1) is 0 Å². The Kier molecular flexibility index (Phi) is 8.82. The minimum absolute atomic E-state index is 0.259. The monoisotopic (exact) mass is 554 g/mol. The lowest BCUT2D eigenvalue weighted by atomic mass is 9.89. The van der Waals surface area contributed by atoms with E-state index in [2.05, 4.69) is 0 Å². The summed E-state index contributed by atoms with van der Waals surface area (Å²) in [6.45, 7) is 0. The van der Waals surface area contributed by atoms with E-state index < -0.39 is 77.2 Å². The van der Waals surface area contributed by atoms with Gasteiger partial charge in [0, 0.05) is 8.55 Å². The summed E-state index contributed by atoms with van der Waals surface area (Å²) in [5.74, 6) is -51.8. The molecule has 4 unspecified atom stereocenters. The van der Waals surface area contributed by atoms with Crippen LogP contribution in [0.3, 0.4) is 0 Å². The highest BCUT2D eigenvalue weighted by atomic mass is 29.5. The van der Waals surface area contributed by atoms with Crippen LogP contribution in [0, 0.1) is 0 Å². The van der Waals surface area contributed by atoms with Gasteiger partial charge in [-0.3, -0.25) is 0 Å². The molecular weight excluding hydrogens is 543 g/mol. The summed E-state index contributed by atoms with van der Waals surface area (Å²) in [4.78, 5) is 8.95. The first-order valence-corrected chi connectivity index (χ1v) is 17.7. The van der Waals surface area contributed by atoms with E-state index in [1.165, 1.54) is 0 Å². The second-order valence-corrected chi connectivity index (χ2v) is 20.9. The van der Waals surface area contributed by atoms with Crippen molar-refractivity contribution in [2.24, 2.45) is 0 Å². The Morgan fingerprint density at radius 3 is 1.23 bits per heavy atom. The van der Waals surface area contributed by atoms with E-state index in [-0.39, 0.29) is 9.76 Å². The van der Waals surface area contributed by atoms with Crippen molar-refractivity contribution in [3.63, 3.8) is 0 Å². The van der Waals surface area contributed by atoms with Gasteiger partial charge in [-0.25, -0.2) is 22.0 Å². The van der Waals surface area contributed by atoms with Crippen LogP contribution >= 0.6 is 0 Å². The van der Waals surface area contributed by atoms with Gasteiger partial charge < -0.3 is 4.80 Å². The number of alkyl halides is 17. The topological polar surface area (TPSA) is 20.2 Å². The zero-order valence-corrected chi connectivity index (χ0v) is 19.0. The van der Waals surface area contributed by atoms with Crippen molar-refractivity contribution in [3.05, 3.63) is 0 Å². The molecule has 188 valence electrons. The fraction of sp³-hybridized carbons (Fsp3) is 1.00. The fourth-order valence-corrected chi connectivity index (χ4v) is 8.90. The molecule has 0 aromatic heterocycles. The van der Waals surface area contributed by atoms with Crippen LogP contribution in [0.15, 0.2) is 0 Å². The quantitative estimate of drug-likeness (QED) is 0.307. The Bertz CT molecular complexity index is 613. The molecule has 0 aliphatic carbocycles. The van der Waals surface area contributed by atoms with Crippen LogP contribution in [0.2, 0.25) is 0 Å². The van der Waals surface area contributed by atoms with Crippen molar-refractivity contribution in [1.29, 1.82) is 0 Å². The minimum Gasteiger partial charge on any atom is -0.435 e. The molecule has 0 amide bonds. The van der Waals surface area contributed by atoms with Crippen LogP contribution in [0.5, 0.6) is 0 Å². The van der Waals surface area contributed by atoms with E-state index in [0.717, 1.165) is 0 Å². The lowest BCUT2D eigenvalue weighted by Gasteiger charge is -2.42. The van der Waals surface area contributed by atoms with Crippen molar-refractivity contribution in [2.45, 2.75) is 60.1 Å². The van der Waals surface area contributed by atoms with E-state index in [9.17, 15) is 74.6 Å². The molecule has 0 aromatic carbocycles. The van der Waals surface area contributed by atoms with E-state index >= 15 is 0 Å². The lowest BCUT2D eigenvalue weighted by Crippen LogP contribution is -2.74. The molecule has 0 aliphatic heterocycles. The fourth-order valence-electron chi connectivity index (χ4n) is 1.94. The Morgan fingerprint density at radius 2 is 0.935 bits per heavy atom. The first-order chi connectivity index (χ1) is 13.4. The van der Waals surface area contributed by atoms with Gasteiger partial charge in [0.25, 0.3) is 6.43 Å². The van der Waals surface area contributed by atoms with Gasteiger partial charge >= 0.3 is 35.5 Å². The van der Waals surface area contributed by atoms with Gasteiger partial charge in [-0.05, 0) is 9.76 Å². The average Bonchev–Trinajstić information content (AvgIpc) is 2.64. The SMILES string of the molecule is O[SiH]([SiH2][SiH3])C(F)C(F)(F)C(F)(F)C(F)(F)C(F)(F)C(F)(F)C(F)(F)C(F)C(F)C(F)F. The first-order valence-electron chi connectivity index (χ1n) is 7.56. The van der Waals surface area contributed by atoms with Crippen molar-refractivity contribution < 1.29 is 79.4 Å². The van der Waals surface area contributed by atoms with Crippen LogP contribution in [0.4, 0.5) is 74.6 Å². The summed E-state index contributed by atoms with van der Waals surface area (Å²) in [7, 11) is -7.02. The molecule has 0 saturated heterocycles. The maximum Gasteiger partial charge on any atom is 0.384 e.